The van der Waals surface area contributed by atoms with Crippen LogP contribution in [0.1, 0.15) is 33.1 Å². The third-order valence-electron chi connectivity index (χ3n) is 3.03. The summed E-state index contributed by atoms with van der Waals surface area (Å²) in [6, 6.07) is 0. The Hall–Kier alpha value is -0.830. The normalized spacial score (nSPS) is 17.2. The summed E-state index contributed by atoms with van der Waals surface area (Å²) in [5.74, 6) is 0.104. The zero-order chi connectivity index (χ0) is 10.6. The van der Waals surface area contributed by atoms with Gasteiger partial charge in [-0.1, -0.05) is 26.0 Å². The van der Waals surface area contributed by atoms with Gasteiger partial charge < -0.3 is 10.6 Å². The van der Waals surface area contributed by atoms with E-state index in [4.69, 9.17) is 5.73 Å². The van der Waals surface area contributed by atoms with Gasteiger partial charge in [0.25, 0.3) is 0 Å². The van der Waals surface area contributed by atoms with Crippen molar-refractivity contribution in [1.29, 1.82) is 0 Å². The van der Waals surface area contributed by atoms with E-state index < -0.39 is 5.54 Å². The molecule has 0 aromatic carbocycles. The highest BCUT2D eigenvalue weighted by atomic mass is 16.2. The first kappa shape index (κ1) is 11.2. The van der Waals surface area contributed by atoms with E-state index in [2.05, 4.69) is 6.08 Å². The predicted octanol–water partition coefficient (Wildman–Crippen LogP) is 1.29. The quantitative estimate of drug-likeness (QED) is 0.691. The Morgan fingerprint density at radius 1 is 1.43 bits per heavy atom. The molecule has 0 aromatic heterocycles. The zero-order valence-corrected chi connectivity index (χ0v) is 9.12. The highest BCUT2D eigenvalue weighted by molar-refractivity contribution is 5.86. The van der Waals surface area contributed by atoms with Gasteiger partial charge in [-0.3, -0.25) is 4.79 Å². The molecule has 1 amide bonds. The molecule has 1 aliphatic heterocycles. The highest BCUT2D eigenvalue weighted by Crippen LogP contribution is 2.16. The first-order valence-corrected chi connectivity index (χ1v) is 5.37. The van der Waals surface area contributed by atoms with Crippen LogP contribution >= 0.6 is 0 Å². The van der Waals surface area contributed by atoms with Crippen molar-refractivity contribution in [3.05, 3.63) is 12.2 Å². The number of carbonyl (C=O) groups excluding carboxylic acids is 1. The van der Waals surface area contributed by atoms with Crippen LogP contribution in [-0.4, -0.2) is 29.4 Å². The SMILES string of the molecule is CCC(N)(CC)C(=O)N1CC=CCC1. The average Bonchev–Trinajstić information content (AvgIpc) is 2.28. The molecule has 2 N–H and O–H groups in total. The van der Waals surface area contributed by atoms with Gasteiger partial charge in [-0.25, -0.2) is 0 Å². The molecular formula is C11H20N2O. The molecular weight excluding hydrogens is 176 g/mol. The topological polar surface area (TPSA) is 46.3 Å². The lowest BCUT2D eigenvalue weighted by atomic mass is 9.92. The fraction of sp³-hybridized carbons (Fsp3) is 0.727. The fourth-order valence-corrected chi connectivity index (χ4v) is 1.69. The number of nitrogens with two attached hydrogens (primary N) is 1. The van der Waals surface area contributed by atoms with Crippen LogP contribution in [0.15, 0.2) is 12.2 Å². The minimum atomic E-state index is -0.648. The summed E-state index contributed by atoms with van der Waals surface area (Å²) < 4.78 is 0. The maximum absolute atomic E-state index is 12.0. The monoisotopic (exact) mass is 196 g/mol. The largest absolute Gasteiger partial charge is 0.337 e. The van der Waals surface area contributed by atoms with Crippen LogP contribution in [0.5, 0.6) is 0 Å². The van der Waals surface area contributed by atoms with Crippen molar-refractivity contribution in [2.75, 3.05) is 13.1 Å². The smallest absolute Gasteiger partial charge is 0.242 e. The molecule has 0 bridgehead atoms. The van der Waals surface area contributed by atoms with E-state index >= 15 is 0 Å². The van der Waals surface area contributed by atoms with Gasteiger partial charge in [0.05, 0.1) is 5.54 Å². The lowest BCUT2D eigenvalue weighted by molar-refractivity contribution is -0.136. The molecule has 0 aliphatic carbocycles. The number of hydrogen-bond donors (Lipinski definition) is 1. The number of amides is 1. The Bertz CT molecular complexity index is 231. The molecule has 3 nitrogen and oxygen atoms in total. The molecule has 1 aliphatic rings. The highest BCUT2D eigenvalue weighted by Gasteiger charge is 2.33. The molecule has 3 heteroatoms. The number of hydrogen-bond acceptors (Lipinski definition) is 2. The maximum Gasteiger partial charge on any atom is 0.242 e. The summed E-state index contributed by atoms with van der Waals surface area (Å²) in [5.41, 5.74) is 5.41. The average molecular weight is 196 g/mol. The van der Waals surface area contributed by atoms with Gasteiger partial charge in [-0.15, -0.1) is 0 Å². The molecule has 0 aromatic rings. The first-order valence-electron chi connectivity index (χ1n) is 5.37. The summed E-state index contributed by atoms with van der Waals surface area (Å²) in [7, 11) is 0. The molecule has 0 atom stereocenters. The number of nitrogens with zero attached hydrogens (tertiary/aromatic N) is 1. The van der Waals surface area contributed by atoms with E-state index in [1.165, 1.54) is 0 Å². The molecule has 0 unspecified atom stereocenters. The van der Waals surface area contributed by atoms with Crippen LogP contribution in [0, 0.1) is 0 Å². The van der Waals surface area contributed by atoms with E-state index in [0.717, 1.165) is 19.5 Å². The standard InChI is InChI=1S/C11H20N2O/c1-3-11(12,4-2)10(14)13-8-6-5-7-9-13/h5-6H,3-4,7-9,12H2,1-2H3. The number of carbonyl (C=O) groups is 1. The van der Waals surface area contributed by atoms with Crippen LogP contribution in [0.25, 0.3) is 0 Å². The molecule has 0 fully saturated rings. The second-order valence-electron chi connectivity index (χ2n) is 3.87. The van der Waals surface area contributed by atoms with Gasteiger partial charge in [0, 0.05) is 13.1 Å². The van der Waals surface area contributed by atoms with E-state index in [1.807, 2.05) is 24.8 Å². The van der Waals surface area contributed by atoms with Crippen molar-refractivity contribution in [2.24, 2.45) is 5.73 Å². The Kier molecular flexibility index (Phi) is 3.69. The van der Waals surface area contributed by atoms with Crippen LogP contribution in [0.4, 0.5) is 0 Å². The van der Waals surface area contributed by atoms with E-state index in [9.17, 15) is 4.79 Å². The summed E-state index contributed by atoms with van der Waals surface area (Å²) in [6.45, 7) is 5.48. The number of rotatable bonds is 3. The molecule has 1 heterocycles. The lowest BCUT2D eigenvalue weighted by Gasteiger charge is -2.33. The van der Waals surface area contributed by atoms with Crippen LogP contribution < -0.4 is 5.73 Å². The van der Waals surface area contributed by atoms with Crippen LogP contribution in [0.2, 0.25) is 0 Å². The Labute approximate surface area is 86.0 Å². The second-order valence-corrected chi connectivity index (χ2v) is 3.87. The minimum Gasteiger partial charge on any atom is -0.337 e. The lowest BCUT2D eigenvalue weighted by Crippen LogP contribution is -2.55. The molecule has 0 saturated heterocycles. The molecule has 0 radical (unpaired) electrons. The third-order valence-corrected chi connectivity index (χ3v) is 3.03. The van der Waals surface area contributed by atoms with Crippen molar-refractivity contribution in [3.63, 3.8) is 0 Å². The van der Waals surface area contributed by atoms with Crippen LogP contribution in [-0.2, 0) is 4.79 Å². The predicted molar refractivity (Wildman–Crippen MR) is 57.8 cm³/mol. The fourth-order valence-electron chi connectivity index (χ4n) is 1.69. The minimum absolute atomic E-state index is 0.104. The summed E-state index contributed by atoms with van der Waals surface area (Å²) in [6.07, 6.45) is 6.52. The maximum atomic E-state index is 12.0. The molecule has 0 spiro atoms. The van der Waals surface area contributed by atoms with Crippen molar-refractivity contribution in [3.8, 4) is 0 Å². The first-order chi connectivity index (χ1) is 6.64. The van der Waals surface area contributed by atoms with E-state index in [0.29, 0.717) is 12.8 Å². The summed E-state index contributed by atoms with van der Waals surface area (Å²) >= 11 is 0. The summed E-state index contributed by atoms with van der Waals surface area (Å²) in [4.78, 5) is 13.9. The van der Waals surface area contributed by atoms with Gasteiger partial charge >= 0.3 is 0 Å². The van der Waals surface area contributed by atoms with E-state index in [1.54, 1.807) is 0 Å². The summed E-state index contributed by atoms with van der Waals surface area (Å²) in [5, 5.41) is 0. The molecule has 1 rings (SSSR count). The van der Waals surface area contributed by atoms with Gasteiger partial charge in [-0.05, 0) is 19.3 Å². The van der Waals surface area contributed by atoms with Gasteiger partial charge in [0.1, 0.15) is 0 Å². The van der Waals surface area contributed by atoms with Crippen molar-refractivity contribution in [1.82, 2.24) is 4.90 Å². The van der Waals surface area contributed by atoms with Crippen molar-refractivity contribution in [2.45, 2.75) is 38.6 Å². The van der Waals surface area contributed by atoms with Crippen LogP contribution in [0.3, 0.4) is 0 Å². The van der Waals surface area contributed by atoms with Gasteiger partial charge in [0.2, 0.25) is 5.91 Å². The van der Waals surface area contributed by atoms with Crippen molar-refractivity contribution < 1.29 is 4.79 Å². The Morgan fingerprint density at radius 2 is 2.07 bits per heavy atom. The van der Waals surface area contributed by atoms with Gasteiger partial charge in [0.15, 0.2) is 0 Å². The van der Waals surface area contributed by atoms with Crippen molar-refractivity contribution >= 4 is 5.91 Å². The molecule has 80 valence electrons. The Balaban J connectivity index is 2.67. The van der Waals surface area contributed by atoms with Gasteiger partial charge in [-0.2, -0.15) is 0 Å². The zero-order valence-electron chi connectivity index (χ0n) is 9.12. The molecule has 14 heavy (non-hydrogen) atoms. The van der Waals surface area contributed by atoms with E-state index in [-0.39, 0.29) is 5.91 Å². The Morgan fingerprint density at radius 3 is 2.50 bits per heavy atom. The second kappa shape index (κ2) is 4.60. The molecule has 0 saturated carbocycles. The third kappa shape index (κ3) is 2.15.